The molecule has 1 aliphatic rings. The minimum Gasteiger partial charge on any atom is -0.489 e. The average molecular weight is 585 g/mol. The molecule has 7 heteroatoms. The number of carbonyl (C=O) groups excluding carboxylic acids is 2. The molecule has 43 heavy (non-hydrogen) atoms. The van der Waals surface area contributed by atoms with Crippen LogP contribution in [0.15, 0.2) is 90.7 Å². The third kappa shape index (κ3) is 7.86. The highest BCUT2D eigenvalue weighted by Gasteiger charge is 2.27. The van der Waals surface area contributed by atoms with Crippen molar-refractivity contribution in [2.45, 2.75) is 65.6 Å². The quantitative estimate of drug-likeness (QED) is 0.144. The minimum atomic E-state index is -0.443. The molecule has 0 spiro atoms. The van der Waals surface area contributed by atoms with Crippen LogP contribution in [0.2, 0.25) is 0 Å². The molecular weight excluding hydrogens is 544 g/mol. The van der Waals surface area contributed by atoms with Crippen molar-refractivity contribution in [1.29, 1.82) is 0 Å². The number of para-hydroxylation sites is 1. The highest BCUT2D eigenvalue weighted by atomic mass is 16.6. The molecule has 0 bridgehead atoms. The molecule has 0 saturated heterocycles. The van der Waals surface area contributed by atoms with Crippen LogP contribution in [-0.2, 0) is 31.9 Å². The fourth-order valence-corrected chi connectivity index (χ4v) is 4.72. The second-order valence-corrected chi connectivity index (χ2v) is 10.7. The summed E-state index contributed by atoms with van der Waals surface area (Å²) in [7, 11) is 0. The predicted molar refractivity (Wildman–Crippen MR) is 167 cm³/mol. The lowest BCUT2D eigenvalue weighted by atomic mass is 9.89. The number of benzene rings is 3. The zero-order valence-corrected chi connectivity index (χ0v) is 25.4. The van der Waals surface area contributed by atoms with Crippen LogP contribution in [0.1, 0.15) is 51.7 Å². The molecule has 226 valence electrons. The van der Waals surface area contributed by atoms with Crippen molar-refractivity contribution in [2.75, 3.05) is 13.2 Å². The molecule has 3 aromatic carbocycles. The number of carbonyl (C=O) groups is 2. The Morgan fingerprint density at radius 1 is 0.744 bits per heavy atom. The normalized spacial score (nSPS) is 13.6. The summed E-state index contributed by atoms with van der Waals surface area (Å²) in [6.07, 6.45) is 3.40. The van der Waals surface area contributed by atoms with E-state index in [1.165, 1.54) is 0 Å². The summed E-state index contributed by atoms with van der Waals surface area (Å²) >= 11 is 0. The molecule has 2 unspecified atom stereocenters. The lowest BCUT2D eigenvalue weighted by molar-refractivity contribution is -0.146. The van der Waals surface area contributed by atoms with Crippen LogP contribution >= 0.6 is 0 Å². The van der Waals surface area contributed by atoms with E-state index in [1.807, 2.05) is 68.4 Å². The van der Waals surface area contributed by atoms with Crippen molar-refractivity contribution in [3.8, 4) is 17.2 Å². The van der Waals surface area contributed by atoms with Crippen molar-refractivity contribution < 1.29 is 33.3 Å². The van der Waals surface area contributed by atoms with Crippen molar-refractivity contribution in [3.05, 3.63) is 102 Å². The number of allylic oxidation sites excluding steroid dienone is 2. The molecular formula is C36H40O7. The fraction of sp³-hybridized carbons (Fsp3) is 0.333. The Kier molecular flexibility index (Phi) is 10.7. The van der Waals surface area contributed by atoms with Gasteiger partial charge in [0, 0.05) is 39.5 Å². The Bertz CT molecular complexity index is 1520. The molecule has 4 rings (SSSR count). The van der Waals surface area contributed by atoms with Gasteiger partial charge < -0.3 is 23.7 Å². The van der Waals surface area contributed by atoms with Crippen LogP contribution in [0.5, 0.6) is 17.2 Å². The van der Waals surface area contributed by atoms with Crippen LogP contribution in [0, 0.1) is 0 Å². The first-order valence-corrected chi connectivity index (χ1v) is 14.7. The first-order valence-electron chi connectivity index (χ1n) is 14.7. The molecule has 0 N–H and O–H groups in total. The number of hydrogen-bond acceptors (Lipinski definition) is 7. The molecule has 0 radical (unpaired) electrons. The Morgan fingerprint density at radius 3 is 1.72 bits per heavy atom. The molecule has 0 amide bonds. The molecule has 0 saturated carbocycles. The first-order chi connectivity index (χ1) is 20.7. The maximum atomic E-state index is 12.2. The third-order valence-corrected chi connectivity index (χ3v) is 7.19. The summed E-state index contributed by atoms with van der Waals surface area (Å²) in [4.78, 5) is 24.4. The van der Waals surface area contributed by atoms with E-state index in [2.05, 4.69) is 19.2 Å². The second-order valence-electron chi connectivity index (χ2n) is 10.7. The van der Waals surface area contributed by atoms with Crippen molar-refractivity contribution in [3.63, 3.8) is 0 Å². The molecule has 0 aromatic heterocycles. The van der Waals surface area contributed by atoms with Gasteiger partial charge >= 0.3 is 11.9 Å². The van der Waals surface area contributed by atoms with Gasteiger partial charge in [0.2, 0.25) is 0 Å². The highest BCUT2D eigenvalue weighted by Crippen LogP contribution is 2.44. The van der Waals surface area contributed by atoms with Gasteiger partial charge in [-0.1, -0.05) is 69.5 Å². The number of rotatable bonds is 14. The fourth-order valence-electron chi connectivity index (χ4n) is 4.72. The zero-order valence-electron chi connectivity index (χ0n) is 25.4. The predicted octanol–water partition coefficient (Wildman–Crippen LogP) is 7.45. The molecule has 0 aliphatic heterocycles. The topological polar surface area (TPSA) is 80.3 Å². The lowest BCUT2D eigenvalue weighted by Gasteiger charge is -2.27. The number of esters is 2. The third-order valence-electron chi connectivity index (χ3n) is 7.19. The summed E-state index contributed by atoms with van der Waals surface area (Å²) < 4.78 is 30.4. The summed E-state index contributed by atoms with van der Waals surface area (Å²) in [6.45, 7) is 14.9. The van der Waals surface area contributed by atoms with Gasteiger partial charge in [0.1, 0.15) is 48.4 Å². The molecule has 0 fully saturated rings. The summed E-state index contributed by atoms with van der Waals surface area (Å²) in [5.74, 6) is 2.09. The maximum absolute atomic E-state index is 12.2. The Hall–Kier alpha value is -4.52. The van der Waals surface area contributed by atoms with Gasteiger partial charge in [-0.05, 0) is 51.3 Å². The smallest absolute Gasteiger partial charge is 0.333 e. The van der Waals surface area contributed by atoms with Crippen LogP contribution < -0.4 is 14.2 Å². The number of fused-ring (bicyclic) bond motifs is 2. The van der Waals surface area contributed by atoms with E-state index in [1.54, 1.807) is 13.8 Å². The van der Waals surface area contributed by atoms with Crippen molar-refractivity contribution in [1.82, 2.24) is 0 Å². The van der Waals surface area contributed by atoms with Gasteiger partial charge in [-0.2, -0.15) is 0 Å². The summed E-state index contributed by atoms with van der Waals surface area (Å²) in [5, 5.41) is 1.75. The lowest BCUT2D eigenvalue weighted by Crippen LogP contribution is -2.26. The van der Waals surface area contributed by atoms with Gasteiger partial charge in [0.25, 0.3) is 0 Å². The van der Waals surface area contributed by atoms with Gasteiger partial charge in [0.05, 0.1) is 0 Å². The SMILES string of the molecule is C=C(C)C(=O)OC(CC)COc1c2c(c(OCC(CC)OC(=O)C(=C)C)c3ccccc13)CC(Oc1ccccc1)=CC2. The largest absolute Gasteiger partial charge is 0.489 e. The van der Waals surface area contributed by atoms with Crippen LogP contribution in [0.4, 0.5) is 0 Å². The standard InChI is InChI=1S/C36H40O7/c1-7-25(42-35(37)23(3)4)21-39-33-29-16-12-13-17-30(29)34(40-22-26(8-2)43-36(38)24(5)6)32-20-28(18-19-31(32)33)41-27-14-10-9-11-15-27/h9-18,25-26H,3,5,7-8,19-22H2,1-2,4,6H3. The monoisotopic (exact) mass is 584 g/mol. The van der Waals surface area contributed by atoms with E-state index in [-0.39, 0.29) is 13.2 Å². The minimum absolute atomic E-state index is 0.180. The zero-order chi connectivity index (χ0) is 30.9. The van der Waals surface area contributed by atoms with E-state index in [4.69, 9.17) is 23.7 Å². The van der Waals surface area contributed by atoms with E-state index in [0.29, 0.717) is 42.6 Å². The second kappa shape index (κ2) is 14.6. The van der Waals surface area contributed by atoms with E-state index < -0.39 is 24.1 Å². The molecule has 0 heterocycles. The number of ether oxygens (including phenoxy) is 5. The molecule has 7 nitrogen and oxygen atoms in total. The van der Waals surface area contributed by atoms with Crippen LogP contribution in [0.25, 0.3) is 10.8 Å². The number of hydrogen-bond donors (Lipinski definition) is 0. The van der Waals surface area contributed by atoms with Gasteiger partial charge in [-0.15, -0.1) is 0 Å². The van der Waals surface area contributed by atoms with Crippen LogP contribution in [0.3, 0.4) is 0 Å². The van der Waals surface area contributed by atoms with Gasteiger partial charge in [-0.25, -0.2) is 9.59 Å². The van der Waals surface area contributed by atoms with Gasteiger partial charge in [-0.3, -0.25) is 0 Å². The average Bonchev–Trinajstić information content (AvgIpc) is 3.01. The van der Waals surface area contributed by atoms with E-state index >= 15 is 0 Å². The Labute approximate surface area is 253 Å². The van der Waals surface area contributed by atoms with E-state index in [0.717, 1.165) is 39.2 Å². The molecule has 2 atom stereocenters. The molecule has 1 aliphatic carbocycles. The molecule has 3 aromatic rings. The summed E-state index contributed by atoms with van der Waals surface area (Å²) in [5.41, 5.74) is 2.60. The van der Waals surface area contributed by atoms with Crippen LogP contribution in [-0.4, -0.2) is 37.4 Å². The van der Waals surface area contributed by atoms with E-state index in [9.17, 15) is 9.59 Å². The van der Waals surface area contributed by atoms with Crippen molar-refractivity contribution >= 4 is 22.7 Å². The Morgan fingerprint density at radius 2 is 1.23 bits per heavy atom. The van der Waals surface area contributed by atoms with Crippen molar-refractivity contribution in [2.24, 2.45) is 0 Å². The Balaban J connectivity index is 1.71. The maximum Gasteiger partial charge on any atom is 0.333 e. The highest BCUT2D eigenvalue weighted by molar-refractivity contribution is 5.96. The summed E-state index contributed by atoms with van der Waals surface area (Å²) in [6, 6.07) is 17.5. The van der Waals surface area contributed by atoms with Gasteiger partial charge in [0.15, 0.2) is 0 Å². The first kappa shape index (κ1) is 31.4.